The quantitative estimate of drug-likeness (QED) is 0.620. The van der Waals surface area contributed by atoms with Gasteiger partial charge in [0.15, 0.2) is 5.82 Å². The molecule has 2 fully saturated rings. The van der Waals surface area contributed by atoms with E-state index in [4.69, 9.17) is 4.52 Å². The predicted octanol–water partition coefficient (Wildman–Crippen LogP) is 4.42. The number of hydrogen-bond acceptors (Lipinski definition) is 5. The summed E-state index contributed by atoms with van der Waals surface area (Å²) in [4.78, 5) is 23.4. The highest BCUT2D eigenvalue weighted by Crippen LogP contribution is 2.40. The van der Waals surface area contributed by atoms with Gasteiger partial charge >= 0.3 is 0 Å². The van der Waals surface area contributed by atoms with E-state index >= 15 is 0 Å². The van der Waals surface area contributed by atoms with E-state index in [-0.39, 0.29) is 23.9 Å². The maximum Gasteiger partial charge on any atom is 0.256 e. The molecule has 2 unspecified atom stereocenters. The largest absolute Gasteiger partial charge is 0.339 e. The van der Waals surface area contributed by atoms with Crippen LogP contribution in [-0.2, 0) is 0 Å². The minimum Gasteiger partial charge on any atom is -0.339 e. The van der Waals surface area contributed by atoms with E-state index in [1.54, 1.807) is 12.4 Å². The standard InChI is InChI=1S/C23H22F2N4O2/c24-16-7-8-20(25)17(10-16)23(30)29-12-18(15-6-3-9-26-11-15)19(13-29)22-27-21(28-31-22)14-4-1-2-5-14/h3,6-11,14,18-19H,1-2,4-5,12-13H2. The lowest BCUT2D eigenvalue weighted by molar-refractivity contribution is 0.0783. The van der Waals surface area contributed by atoms with E-state index in [9.17, 15) is 13.6 Å². The number of aromatic nitrogens is 3. The van der Waals surface area contributed by atoms with Gasteiger partial charge < -0.3 is 9.42 Å². The molecule has 0 bridgehead atoms. The van der Waals surface area contributed by atoms with Crippen LogP contribution in [0.15, 0.2) is 47.2 Å². The average molecular weight is 424 g/mol. The van der Waals surface area contributed by atoms with Crippen molar-refractivity contribution in [2.45, 2.75) is 43.4 Å². The number of carbonyl (C=O) groups is 1. The Balaban J connectivity index is 1.45. The van der Waals surface area contributed by atoms with Crippen LogP contribution in [0.25, 0.3) is 0 Å². The second kappa shape index (κ2) is 8.17. The van der Waals surface area contributed by atoms with E-state index in [1.807, 2.05) is 12.1 Å². The lowest BCUT2D eigenvalue weighted by Crippen LogP contribution is -2.29. The molecule has 8 heteroatoms. The summed E-state index contributed by atoms with van der Waals surface area (Å²) in [6.45, 7) is 0.604. The van der Waals surface area contributed by atoms with E-state index < -0.39 is 17.5 Å². The Kier molecular flexibility index (Phi) is 5.21. The first-order valence-corrected chi connectivity index (χ1v) is 10.6. The molecule has 1 aromatic carbocycles. The molecule has 2 atom stereocenters. The van der Waals surface area contributed by atoms with Gasteiger partial charge in [0, 0.05) is 37.3 Å². The molecule has 1 aliphatic carbocycles. The molecule has 0 spiro atoms. The summed E-state index contributed by atoms with van der Waals surface area (Å²) in [6, 6.07) is 6.69. The summed E-state index contributed by atoms with van der Waals surface area (Å²) in [7, 11) is 0. The molecule has 160 valence electrons. The maximum atomic E-state index is 14.2. The van der Waals surface area contributed by atoms with Crippen molar-refractivity contribution in [2.75, 3.05) is 13.1 Å². The van der Waals surface area contributed by atoms with Gasteiger partial charge in [-0.2, -0.15) is 4.98 Å². The first-order chi connectivity index (χ1) is 15.1. The average Bonchev–Trinajstić information content (AvgIpc) is 3.54. The molecule has 6 nitrogen and oxygen atoms in total. The summed E-state index contributed by atoms with van der Waals surface area (Å²) in [5.41, 5.74) is 0.658. The lowest BCUT2D eigenvalue weighted by Gasteiger charge is -2.17. The molecular formula is C23H22F2N4O2. The molecule has 5 rings (SSSR count). The van der Waals surface area contributed by atoms with Gasteiger partial charge in [-0.1, -0.05) is 24.1 Å². The smallest absolute Gasteiger partial charge is 0.256 e. The van der Waals surface area contributed by atoms with E-state index in [1.165, 1.54) is 4.90 Å². The Morgan fingerprint density at radius 2 is 1.90 bits per heavy atom. The molecular weight excluding hydrogens is 402 g/mol. The van der Waals surface area contributed by atoms with Crippen molar-refractivity contribution in [3.05, 3.63) is 77.2 Å². The molecule has 1 saturated carbocycles. The zero-order valence-corrected chi connectivity index (χ0v) is 16.9. The van der Waals surface area contributed by atoms with E-state index in [0.717, 1.165) is 55.3 Å². The summed E-state index contributed by atoms with van der Waals surface area (Å²) < 4.78 is 33.5. The maximum absolute atomic E-state index is 14.2. The number of pyridine rings is 1. The van der Waals surface area contributed by atoms with Gasteiger partial charge in [0.1, 0.15) is 11.6 Å². The number of carbonyl (C=O) groups excluding carboxylic acids is 1. The molecule has 31 heavy (non-hydrogen) atoms. The molecule has 2 aromatic heterocycles. The molecule has 1 aliphatic heterocycles. The Bertz CT molecular complexity index is 1080. The Hall–Kier alpha value is -3.16. The number of amides is 1. The number of nitrogens with zero attached hydrogens (tertiary/aromatic N) is 4. The third-order valence-corrected chi connectivity index (χ3v) is 6.37. The predicted molar refractivity (Wildman–Crippen MR) is 107 cm³/mol. The zero-order chi connectivity index (χ0) is 21.4. The third-order valence-electron chi connectivity index (χ3n) is 6.37. The van der Waals surface area contributed by atoms with E-state index in [2.05, 4.69) is 15.1 Å². The van der Waals surface area contributed by atoms with Crippen LogP contribution in [0.3, 0.4) is 0 Å². The highest BCUT2D eigenvalue weighted by Gasteiger charge is 2.41. The van der Waals surface area contributed by atoms with Gasteiger partial charge in [0.25, 0.3) is 5.91 Å². The van der Waals surface area contributed by atoms with Crippen molar-refractivity contribution in [1.29, 1.82) is 0 Å². The van der Waals surface area contributed by atoms with Crippen LogP contribution in [0.5, 0.6) is 0 Å². The number of likely N-dealkylation sites (tertiary alicyclic amines) is 1. The fraction of sp³-hybridized carbons (Fsp3) is 0.391. The molecule has 0 N–H and O–H groups in total. The molecule has 3 heterocycles. The molecule has 2 aliphatic rings. The topological polar surface area (TPSA) is 72.1 Å². The van der Waals surface area contributed by atoms with Crippen molar-refractivity contribution in [3.8, 4) is 0 Å². The minimum atomic E-state index is -0.742. The van der Waals surface area contributed by atoms with E-state index in [0.29, 0.717) is 18.4 Å². The monoisotopic (exact) mass is 424 g/mol. The summed E-state index contributed by atoms with van der Waals surface area (Å²) in [5.74, 6) is -0.807. The highest BCUT2D eigenvalue weighted by atomic mass is 19.1. The molecule has 1 saturated heterocycles. The highest BCUT2D eigenvalue weighted by molar-refractivity contribution is 5.94. The van der Waals surface area contributed by atoms with Crippen molar-refractivity contribution in [2.24, 2.45) is 0 Å². The number of rotatable bonds is 4. The van der Waals surface area contributed by atoms with Crippen LogP contribution >= 0.6 is 0 Å². The molecule has 0 radical (unpaired) electrons. The number of hydrogen-bond donors (Lipinski definition) is 0. The third kappa shape index (κ3) is 3.82. The van der Waals surface area contributed by atoms with Crippen LogP contribution < -0.4 is 0 Å². The van der Waals surface area contributed by atoms with Gasteiger partial charge in [-0.25, -0.2) is 8.78 Å². The van der Waals surface area contributed by atoms with Gasteiger partial charge in [-0.05, 0) is 42.7 Å². The van der Waals surface area contributed by atoms with Crippen molar-refractivity contribution in [1.82, 2.24) is 20.0 Å². The first-order valence-electron chi connectivity index (χ1n) is 10.6. The normalized spacial score (nSPS) is 21.7. The Morgan fingerprint density at radius 1 is 1.10 bits per heavy atom. The fourth-order valence-electron chi connectivity index (χ4n) is 4.73. The summed E-state index contributed by atoms with van der Waals surface area (Å²) >= 11 is 0. The van der Waals surface area contributed by atoms with Crippen LogP contribution in [0, 0.1) is 11.6 Å². The lowest BCUT2D eigenvalue weighted by atomic mass is 9.90. The number of halogens is 2. The fourth-order valence-corrected chi connectivity index (χ4v) is 4.73. The molecule has 3 aromatic rings. The first kappa shape index (κ1) is 19.8. The Morgan fingerprint density at radius 3 is 2.68 bits per heavy atom. The van der Waals surface area contributed by atoms with Gasteiger partial charge in [-0.15, -0.1) is 0 Å². The van der Waals surface area contributed by atoms with Gasteiger partial charge in [0.2, 0.25) is 5.89 Å². The SMILES string of the molecule is O=C(c1cc(F)ccc1F)N1CC(c2cccnc2)C(c2nc(C3CCCC3)no2)C1. The van der Waals surface area contributed by atoms with Gasteiger partial charge in [-0.3, -0.25) is 9.78 Å². The van der Waals surface area contributed by atoms with Crippen LogP contribution in [0.4, 0.5) is 8.78 Å². The summed E-state index contributed by atoms with van der Waals surface area (Å²) in [5, 5.41) is 4.21. The van der Waals surface area contributed by atoms with Crippen LogP contribution in [0.1, 0.15) is 71.1 Å². The van der Waals surface area contributed by atoms with Gasteiger partial charge in [0.05, 0.1) is 11.5 Å². The van der Waals surface area contributed by atoms with Crippen molar-refractivity contribution < 1.29 is 18.1 Å². The van der Waals surface area contributed by atoms with Crippen LogP contribution in [-0.4, -0.2) is 39.0 Å². The van der Waals surface area contributed by atoms with Crippen LogP contribution in [0.2, 0.25) is 0 Å². The van der Waals surface area contributed by atoms with Crippen molar-refractivity contribution in [3.63, 3.8) is 0 Å². The second-order valence-electron chi connectivity index (χ2n) is 8.31. The Labute approximate surface area is 178 Å². The van der Waals surface area contributed by atoms with Crippen molar-refractivity contribution >= 4 is 5.91 Å². The summed E-state index contributed by atoms with van der Waals surface area (Å²) in [6.07, 6.45) is 7.87. The second-order valence-corrected chi connectivity index (χ2v) is 8.31. The zero-order valence-electron chi connectivity index (χ0n) is 16.9. The number of benzene rings is 1. The molecule has 1 amide bonds. The minimum absolute atomic E-state index is 0.133.